The Kier molecular flexibility index (Phi) is 6.51. The molecule has 20 heavy (non-hydrogen) atoms. The second-order valence-electron chi connectivity index (χ2n) is 5.67. The second kappa shape index (κ2) is 8.40. The normalized spacial score (nSPS) is 21.8. The van der Waals surface area contributed by atoms with Crippen LogP contribution in [0, 0.1) is 0 Å². The number of nitrogens with one attached hydrogen (secondary N) is 1. The second-order valence-corrected chi connectivity index (χ2v) is 5.67. The van der Waals surface area contributed by atoms with Gasteiger partial charge in [0, 0.05) is 32.3 Å². The molecule has 0 bridgehead atoms. The fraction of sp³-hybridized carbons (Fsp3) is 0.647. The Labute approximate surface area is 123 Å². The van der Waals surface area contributed by atoms with Crippen molar-refractivity contribution in [2.75, 3.05) is 33.4 Å². The quantitative estimate of drug-likeness (QED) is 0.775. The van der Waals surface area contributed by atoms with Gasteiger partial charge in [0.1, 0.15) is 0 Å². The van der Waals surface area contributed by atoms with E-state index >= 15 is 0 Å². The molecule has 0 aromatic heterocycles. The molecule has 0 amide bonds. The molecule has 1 fully saturated rings. The van der Waals surface area contributed by atoms with Crippen molar-refractivity contribution >= 4 is 0 Å². The first kappa shape index (κ1) is 15.5. The van der Waals surface area contributed by atoms with E-state index in [1.54, 1.807) is 7.11 Å². The molecule has 0 saturated carbocycles. The van der Waals surface area contributed by atoms with Crippen molar-refractivity contribution < 1.29 is 4.74 Å². The fourth-order valence-electron chi connectivity index (χ4n) is 3.12. The van der Waals surface area contributed by atoms with Crippen molar-refractivity contribution in [1.82, 2.24) is 10.2 Å². The summed E-state index contributed by atoms with van der Waals surface area (Å²) in [7, 11) is 1.76. The number of hydrogen-bond donors (Lipinski definition) is 1. The molecule has 3 heteroatoms. The summed E-state index contributed by atoms with van der Waals surface area (Å²) in [6.07, 6.45) is 3.98. The topological polar surface area (TPSA) is 24.5 Å². The third-order valence-corrected chi connectivity index (χ3v) is 4.32. The van der Waals surface area contributed by atoms with Gasteiger partial charge in [-0.2, -0.15) is 0 Å². The van der Waals surface area contributed by atoms with Crippen LogP contribution < -0.4 is 5.32 Å². The van der Waals surface area contributed by atoms with Gasteiger partial charge in [-0.1, -0.05) is 36.8 Å². The van der Waals surface area contributed by atoms with E-state index in [0.29, 0.717) is 12.1 Å². The number of methoxy groups -OCH3 is 1. The summed E-state index contributed by atoms with van der Waals surface area (Å²) in [6.45, 7) is 6.36. The van der Waals surface area contributed by atoms with Gasteiger partial charge in [-0.15, -0.1) is 0 Å². The summed E-state index contributed by atoms with van der Waals surface area (Å²) >= 11 is 0. The van der Waals surface area contributed by atoms with Gasteiger partial charge in [-0.05, 0) is 31.9 Å². The van der Waals surface area contributed by atoms with Crippen molar-refractivity contribution in [3.8, 4) is 0 Å². The van der Waals surface area contributed by atoms with Gasteiger partial charge in [0.25, 0.3) is 0 Å². The third-order valence-electron chi connectivity index (χ3n) is 4.32. The van der Waals surface area contributed by atoms with Crippen LogP contribution in [0.3, 0.4) is 0 Å². The molecule has 1 saturated heterocycles. The maximum absolute atomic E-state index is 5.10. The summed E-state index contributed by atoms with van der Waals surface area (Å²) in [4.78, 5) is 2.67. The molecule has 0 radical (unpaired) electrons. The Morgan fingerprint density at radius 2 is 2.10 bits per heavy atom. The highest BCUT2D eigenvalue weighted by atomic mass is 16.5. The summed E-state index contributed by atoms with van der Waals surface area (Å²) in [5, 5.41) is 3.53. The SMILES string of the molecule is COCCNCC1CCCCN1C(C)c1ccccc1. The van der Waals surface area contributed by atoms with Crippen molar-refractivity contribution in [3.63, 3.8) is 0 Å². The molecule has 1 heterocycles. The average molecular weight is 276 g/mol. The maximum atomic E-state index is 5.10. The molecule has 2 atom stereocenters. The monoisotopic (exact) mass is 276 g/mol. The number of benzene rings is 1. The van der Waals surface area contributed by atoms with E-state index in [2.05, 4.69) is 47.5 Å². The summed E-state index contributed by atoms with van der Waals surface area (Å²) in [5.74, 6) is 0. The van der Waals surface area contributed by atoms with Crippen molar-refractivity contribution in [2.24, 2.45) is 0 Å². The number of piperidine rings is 1. The lowest BCUT2D eigenvalue weighted by molar-refractivity contribution is 0.0996. The molecule has 2 rings (SSSR count). The molecular weight excluding hydrogens is 248 g/mol. The van der Waals surface area contributed by atoms with Crippen LogP contribution >= 0.6 is 0 Å². The highest BCUT2D eigenvalue weighted by Gasteiger charge is 2.26. The summed E-state index contributed by atoms with van der Waals surface area (Å²) in [5.41, 5.74) is 1.43. The number of likely N-dealkylation sites (tertiary alicyclic amines) is 1. The largest absolute Gasteiger partial charge is 0.383 e. The van der Waals surface area contributed by atoms with Gasteiger partial charge >= 0.3 is 0 Å². The predicted octanol–water partition coefficient (Wildman–Crippen LogP) is 2.84. The van der Waals surface area contributed by atoms with Crippen molar-refractivity contribution in [3.05, 3.63) is 35.9 Å². The van der Waals surface area contributed by atoms with E-state index in [0.717, 1.165) is 19.7 Å². The summed E-state index contributed by atoms with van der Waals surface area (Å²) in [6, 6.07) is 12.0. The van der Waals surface area contributed by atoms with Crippen LogP contribution in [0.5, 0.6) is 0 Å². The number of rotatable bonds is 7. The summed E-state index contributed by atoms with van der Waals surface area (Å²) < 4.78 is 5.10. The highest BCUT2D eigenvalue weighted by molar-refractivity contribution is 5.18. The van der Waals surface area contributed by atoms with Crippen molar-refractivity contribution in [1.29, 1.82) is 0 Å². The zero-order valence-electron chi connectivity index (χ0n) is 12.8. The van der Waals surface area contributed by atoms with E-state index < -0.39 is 0 Å². The van der Waals surface area contributed by atoms with E-state index in [-0.39, 0.29) is 0 Å². The zero-order valence-corrected chi connectivity index (χ0v) is 12.8. The minimum atomic E-state index is 0.505. The van der Waals surface area contributed by atoms with Crippen LogP contribution in [0.4, 0.5) is 0 Å². The molecular formula is C17H28N2O. The molecule has 1 aromatic carbocycles. The van der Waals surface area contributed by atoms with E-state index in [4.69, 9.17) is 4.74 Å². The van der Waals surface area contributed by atoms with Crippen LogP contribution in [0.1, 0.15) is 37.8 Å². The van der Waals surface area contributed by atoms with Crippen molar-refractivity contribution in [2.45, 2.75) is 38.3 Å². The van der Waals surface area contributed by atoms with Crippen LogP contribution in [0.25, 0.3) is 0 Å². The van der Waals surface area contributed by atoms with Crippen LogP contribution in [0.15, 0.2) is 30.3 Å². The standard InChI is InChI=1S/C17H28N2O/c1-15(16-8-4-3-5-9-16)19-12-7-6-10-17(19)14-18-11-13-20-2/h3-5,8-9,15,17-18H,6-7,10-14H2,1-2H3. The van der Waals surface area contributed by atoms with Gasteiger partial charge in [0.2, 0.25) is 0 Å². The highest BCUT2D eigenvalue weighted by Crippen LogP contribution is 2.27. The van der Waals surface area contributed by atoms with Gasteiger partial charge < -0.3 is 10.1 Å². The van der Waals surface area contributed by atoms with Gasteiger partial charge in [0.15, 0.2) is 0 Å². The zero-order chi connectivity index (χ0) is 14.2. The van der Waals surface area contributed by atoms with E-state index in [1.165, 1.54) is 31.4 Å². The molecule has 0 spiro atoms. The molecule has 0 aliphatic carbocycles. The number of nitrogens with zero attached hydrogens (tertiary/aromatic N) is 1. The molecule has 1 aliphatic heterocycles. The smallest absolute Gasteiger partial charge is 0.0587 e. The molecule has 3 nitrogen and oxygen atoms in total. The van der Waals surface area contributed by atoms with Crippen LogP contribution in [0.2, 0.25) is 0 Å². The fourth-order valence-corrected chi connectivity index (χ4v) is 3.12. The molecule has 112 valence electrons. The first-order valence-corrected chi connectivity index (χ1v) is 7.83. The van der Waals surface area contributed by atoms with E-state index in [1.807, 2.05) is 0 Å². The first-order valence-electron chi connectivity index (χ1n) is 7.83. The molecule has 1 aliphatic rings. The minimum Gasteiger partial charge on any atom is -0.383 e. The number of hydrogen-bond acceptors (Lipinski definition) is 3. The Bertz CT molecular complexity index is 369. The molecule has 1 aromatic rings. The van der Waals surface area contributed by atoms with Gasteiger partial charge in [-0.25, -0.2) is 0 Å². The van der Waals surface area contributed by atoms with Gasteiger partial charge in [-0.3, -0.25) is 4.90 Å². The Balaban J connectivity index is 1.92. The third kappa shape index (κ3) is 4.30. The maximum Gasteiger partial charge on any atom is 0.0587 e. The minimum absolute atomic E-state index is 0.505. The predicted molar refractivity (Wildman–Crippen MR) is 83.9 cm³/mol. The van der Waals surface area contributed by atoms with Crippen LogP contribution in [-0.2, 0) is 4.74 Å². The Morgan fingerprint density at radius 3 is 2.85 bits per heavy atom. The first-order chi connectivity index (χ1) is 9.83. The van der Waals surface area contributed by atoms with E-state index in [9.17, 15) is 0 Å². The van der Waals surface area contributed by atoms with Crippen LogP contribution in [-0.4, -0.2) is 44.3 Å². The number of ether oxygens (including phenoxy) is 1. The molecule has 1 N–H and O–H groups in total. The lowest BCUT2D eigenvalue weighted by atomic mass is 9.97. The Morgan fingerprint density at radius 1 is 1.30 bits per heavy atom. The molecule has 2 unspecified atom stereocenters. The lowest BCUT2D eigenvalue weighted by Crippen LogP contribution is -2.46. The average Bonchev–Trinajstić information content (AvgIpc) is 2.52. The Hall–Kier alpha value is -0.900. The van der Waals surface area contributed by atoms with Gasteiger partial charge in [0.05, 0.1) is 6.61 Å². The lowest BCUT2D eigenvalue weighted by Gasteiger charge is -2.40.